The smallest absolute Gasteiger partial charge is 0.339 e. The van der Waals surface area contributed by atoms with Gasteiger partial charge in [0, 0.05) is 17.8 Å². The summed E-state index contributed by atoms with van der Waals surface area (Å²) in [5, 5.41) is 5.10. The van der Waals surface area contributed by atoms with Crippen molar-refractivity contribution in [1.29, 1.82) is 0 Å². The van der Waals surface area contributed by atoms with Crippen LogP contribution in [0.4, 0.5) is 16.2 Å². The van der Waals surface area contributed by atoms with Crippen LogP contribution >= 0.6 is 0 Å². The quantitative estimate of drug-likeness (QED) is 0.202. The van der Waals surface area contributed by atoms with Crippen molar-refractivity contribution in [2.75, 3.05) is 39.1 Å². The Bertz CT molecular complexity index is 1860. The first kappa shape index (κ1) is 31.8. The molecule has 15 heteroatoms. The van der Waals surface area contributed by atoms with Crippen LogP contribution in [0.1, 0.15) is 0 Å². The van der Waals surface area contributed by atoms with E-state index in [0.717, 1.165) is 0 Å². The van der Waals surface area contributed by atoms with Crippen molar-refractivity contribution < 1.29 is 48.9 Å². The van der Waals surface area contributed by atoms with E-state index in [9.17, 15) is 21.6 Å². The highest BCUT2D eigenvalue weighted by molar-refractivity contribution is 7.87. The number of carbonyl (C=O) groups is 1. The lowest BCUT2D eigenvalue weighted by atomic mass is 10.3. The number of urea groups is 1. The van der Waals surface area contributed by atoms with Crippen LogP contribution in [0.5, 0.6) is 34.5 Å². The van der Waals surface area contributed by atoms with Gasteiger partial charge in [-0.15, -0.1) is 0 Å². The molecule has 2 amide bonds. The molecule has 0 saturated carbocycles. The van der Waals surface area contributed by atoms with Gasteiger partial charge in [-0.25, -0.2) is 4.79 Å². The molecule has 0 saturated heterocycles. The average molecular weight is 645 g/mol. The SMILES string of the molecule is COc1ccc(S(=O)(=O)Oc2ccc(NC(=O)Nc3ccccc3OS(=O)(=O)c3ccc(OC)c(OC)c3)cc2)cc1OC. The Morgan fingerprint density at radius 1 is 0.545 bits per heavy atom. The van der Waals surface area contributed by atoms with Crippen LogP contribution in [-0.2, 0) is 20.2 Å². The average Bonchev–Trinajstić information content (AvgIpc) is 3.01. The van der Waals surface area contributed by atoms with Crippen LogP contribution in [-0.4, -0.2) is 51.3 Å². The van der Waals surface area contributed by atoms with E-state index in [4.69, 9.17) is 27.3 Å². The van der Waals surface area contributed by atoms with E-state index in [2.05, 4.69) is 10.6 Å². The minimum absolute atomic E-state index is 0.00939. The van der Waals surface area contributed by atoms with Gasteiger partial charge in [-0.1, -0.05) is 12.1 Å². The Labute approximate surface area is 254 Å². The van der Waals surface area contributed by atoms with Crippen LogP contribution in [0, 0.1) is 0 Å². The number of para-hydroxylation sites is 2. The van der Waals surface area contributed by atoms with Gasteiger partial charge in [0.2, 0.25) is 0 Å². The van der Waals surface area contributed by atoms with Gasteiger partial charge in [-0.05, 0) is 60.7 Å². The van der Waals surface area contributed by atoms with Gasteiger partial charge >= 0.3 is 26.3 Å². The molecular weight excluding hydrogens is 616 g/mol. The second-order valence-electron chi connectivity index (χ2n) is 8.71. The number of benzene rings is 4. The number of hydrogen-bond donors (Lipinski definition) is 2. The number of nitrogens with one attached hydrogen (secondary N) is 2. The lowest BCUT2D eigenvalue weighted by Crippen LogP contribution is -2.20. The molecule has 0 spiro atoms. The Hall–Kier alpha value is -5.15. The molecule has 0 bridgehead atoms. The Balaban J connectivity index is 1.43. The molecule has 4 aromatic rings. The van der Waals surface area contributed by atoms with Crippen LogP contribution in [0.3, 0.4) is 0 Å². The summed E-state index contributed by atoms with van der Waals surface area (Å²) in [7, 11) is -2.93. The zero-order valence-corrected chi connectivity index (χ0v) is 25.5. The monoisotopic (exact) mass is 644 g/mol. The molecular formula is C29H28N2O11S2. The van der Waals surface area contributed by atoms with E-state index in [-0.39, 0.29) is 44.2 Å². The fourth-order valence-electron chi connectivity index (χ4n) is 3.81. The van der Waals surface area contributed by atoms with Gasteiger partial charge in [0.1, 0.15) is 15.5 Å². The highest BCUT2D eigenvalue weighted by Gasteiger charge is 2.22. The van der Waals surface area contributed by atoms with Crippen molar-refractivity contribution in [3.8, 4) is 34.5 Å². The summed E-state index contributed by atoms with van der Waals surface area (Å²) in [6.07, 6.45) is 0. The number of hydrogen-bond acceptors (Lipinski definition) is 11. The summed E-state index contributed by atoms with van der Waals surface area (Å²) in [4.78, 5) is 12.4. The summed E-state index contributed by atoms with van der Waals surface area (Å²) in [5.74, 6) is 0.954. The van der Waals surface area contributed by atoms with Crippen molar-refractivity contribution in [3.05, 3.63) is 84.9 Å². The molecule has 0 aliphatic rings. The standard InChI is InChI=1S/C29H28N2O11S2/c1-37-25-15-13-21(17-27(25)39-3)43(33,34)41-20-11-9-19(10-12-20)30-29(32)31-23-7-5-6-8-24(23)42-44(35,36)22-14-16-26(38-2)28(18-22)40-4/h5-18H,1-4H3,(H2,30,31,32). The van der Waals surface area contributed by atoms with Gasteiger partial charge in [-0.3, -0.25) is 0 Å². The van der Waals surface area contributed by atoms with E-state index in [1.54, 1.807) is 6.07 Å². The Morgan fingerprint density at radius 3 is 1.57 bits per heavy atom. The van der Waals surface area contributed by atoms with Gasteiger partial charge in [0.25, 0.3) is 0 Å². The lowest BCUT2D eigenvalue weighted by Gasteiger charge is -2.14. The molecule has 2 N–H and O–H groups in total. The first-order chi connectivity index (χ1) is 21.0. The molecule has 44 heavy (non-hydrogen) atoms. The van der Waals surface area contributed by atoms with Gasteiger partial charge in [-0.2, -0.15) is 16.8 Å². The van der Waals surface area contributed by atoms with Crippen molar-refractivity contribution in [1.82, 2.24) is 0 Å². The second kappa shape index (κ2) is 13.4. The highest BCUT2D eigenvalue weighted by atomic mass is 32.2. The normalized spacial score (nSPS) is 11.2. The summed E-state index contributed by atoms with van der Waals surface area (Å²) in [6, 6.07) is 18.8. The third kappa shape index (κ3) is 7.43. The summed E-state index contributed by atoms with van der Waals surface area (Å²) < 4.78 is 82.5. The van der Waals surface area contributed by atoms with E-state index in [1.165, 1.54) is 107 Å². The fourth-order valence-corrected chi connectivity index (χ4v) is 5.72. The first-order valence-electron chi connectivity index (χ1n) is 12.6. The molecule has 0 heterocycles. The van der Waals surface area contributed by atoms with Crippen LogP contribution < -0.4 is 37.9 Å². The predicted molar refractivity (Wildman–Crippen MR) is 160 cm³/mol. The van der Waals surface area contributed by atoms with E-state index >= 15 is 0 Å². The zero-order valence-electron chi connectivity index (χ0n) is 23.9. The van der Waals surface area contributed by atoms with Crippen LogP contribution in [0.25, 0.3) is 0 Å². The summed E-state index contributed by atoms with van der Waals surface area (Å²) >= 11 is 0. The number of methoxy groups -OCH3 is 4. The van der Waals surface area contributed by atoms with Crippen LogP contribution in [0.2, 0.25) is 0 Å². The summed E-state index contributed by atoms with van der Waals surface area (Å²) in [5.41, 5.74) is 0.352. The Morgan fingerprint density at radius 2 is 1.05 bits per heavy atom. The molecule has 0 aliphatic heterocycles. The largest absolute Gasteiger partial charge is 0.493 e. The van der Waals surface area contributed by atoms with Crippen molar-refractivity contribution in [3.63, 3.8) is 0 Å². The maximum Gasteiger partial charge on any atom is 0.339 e. The topological polar surface area (TPSA) is 165 Å². The molecule has 0 fully saturated rings. The highest BCUT2D eigenvalue weighted by Crippen LogP contribution is 2.33. The van der Waals surface area contributed by atoms with Gasteiger partial charge in [0.05, 0.1) is 34.1 Å². The number of rotatable bonds is 12. The molecule has 0 aromatic heterocycles. The second-order valence-corrected chi connectivity index (χ2v) is 11.8. The van der Waals surface area contributed by atoms with E-state index in [1.807, 2.05) is 0 Å². The maximum absolute atomic E-state index is 13.0. The van der Waals surface area contributed by atoms with Gasteiger partial charge in [0.15, 0.2) is 28.7 Å². The van der Waals surface area contributed by atoms with Crippen molar-refractivity contribution in [2.45, 2.75) is 9.79 Å². The minimum atomic E-state index is -4.32. The number of amides is 2. The molecule has 4 rings (SSSR count). The molecule has 0 aliphatic carbocycles. The van der Waals surface area contributed by atoms with Crippen LogP contribution in [0.15, 0.2) is 94.7 Å². The molecule has 0 atom stereocenters. The third-order valence-corrected chi connectivity index (χ3v) is 8.41. The molecule has 4 aromatic carbocycles. The van der Waals surface area contributed by atoms with Crippen molar-refractivity contribution in [2.24, 2.45) is 0 Å². The van der Waals surface area contributed by atoms with Gasteiger partial charge < -0.3 is 37.9 Å². The molecule has 0 unspecified atom stereocenters. The lowest BCUT2D eigenvalue weighted by molar-refractivity contribution is 0.262. The number of ether oxygens (including phenoxy) is 4. The fraction of sp³-hybridized carbons (Fsp3) is 0.138. The predicted octanol–water partition coefficient (Wildman–Crippen LogP) is 4.90. The minimum Gasteiger partial charge on any atom is -0.493 e. The third-order valence-electron chi connectivity index (χ3n) is 5.94. The summed E-state index contributed by atoms with van der Waals surface area (Å²) in [6.45, 7) is 0. The molecule has 0 radical (unpaired) electrons. The number of carbonyl (C=O) groups excluding carboxylic acids is 1. The number of anilines is 2. The molecule has 13 nitrogen and oxygen atoms in total. The van der Waals surface area contributed by atoms with Crippen molar-refractivity contribution >= 4 is 37.6 Å². The van der Waals surface area contributed by atoms with E-state index in [0.29, 0.717) is 11.5 Å². The Kier molecular flexibility index (Phi) is 9.70. The maximum atomic E-state index is 13.0. The first-order valence-corrected chi connectivity index (χ1v) is 15.4. The van der Waals surface area contributed by atoms with E-state index < -0.39 is 26.3 Å². The molecule has 232 valence electrons. The zero-order chi connectivity index (χ0) is 31.9.